The number of aromatic amines is 1. The predicted octanol–water partition coefficient (Wildman–Crippen LogP) is 1.30. The highest BCUT2D eigenvalue weighted by Gasteiger charge is 2.16. The number of pyridine rings is 1. The van der Waals surface area contributed by atoms with Crippen molar-refractivity contribution in [3.8, 4) is 0 Å². The zero-order chi connectivity index (χ0) is 14.3. The fourth-order valence-corrected chi connectivity index (χ4v) is 2.10. The van der Waals surface area contributed by atoms with E-state index in [9.17, 15) is 9.59 Å². The Morgan fingerprint density at radius 1 is 1.40 bits per heavy atom. The van der Waals surface area contributed by atoms with Gasteiger partial charge in [-0.1, -0.05) is 0 Å². The largest absolute Gasteiger partial charge is 0.398 e. The van der Waals surface area contributed by atoms with Crippen molar-refractivity contribution in [1.29, 1.82) is 0 Å². The van der Waals surface area contributed by atoms with E-state index < -0.39 is 11.6 Å². The molecule has 2 heterocycles. The molecule has 0 aliphatic carbocycles. The fraction of sp³-hybridized carbons (Fsp3) is 0.0714. The van der Waals surface area contributed by atoms with Gasteiger partial charge in [0, 0.05) is 18.1 Å². The van der Waals surface area contributed by atoms with Gasteiger partial charge >= 0.3 is 5.69 Å². The molecule has 100 valence electrons. The molecule has 2 aromatic heterocycles. The minimum atomic E-state index is -0.487. The Bertz CT molecular complexity index is 862. The van der Waals surface area contributed by atoms with E-state index in [1.807, 2.05) is 6.92 Å². The molecule has 1 aromatic carbocycles. The summed E-state index contributed by atoms with van der Waals surface area (Å²) in [4.78, 5) is 30.9. The number of imidazole rings is 1. The second kappa shape index (κ2) is 4.34. The number of anilines is 1. The number of aromatic nitrogens is 3. The highest BCUT2D eigenvalue weighted by molar-refractivity contribution is 6.01. The van der Waals surface area contributed by atoms with Gasteiger partial charge < -0.3 is 10.7 Å². The van der Waals surface area contributed by atoms with Crippen molar-refractivity contribution in [1.82, 2.24) is 14.5 Å². The van der Waals surface area contributed by atoms with Crippen LogP contribution in [0, 0.1) is 6.92 Å². The van der Waals surface area contributed by atoms with Gasteiger partial charge in [-0.15, -0.1) is 0 Å². The molecule has 0 bridgehead atoms. The molecule has 6 heteroatoms. The summed E-state index contributed by atoms with van der Waals surface area (Å²) in [6.07, 6.45) is 2.99. The van der Waals surface area contributed by atoms with Gasteiger partial charge in [0.05, 0.1) is 16.6 Å². The molecule has 0 amide bonds. The molecule has 3 rings (SSSR count). The minimum absolute atomic E-state index is 0.342. The van der Waals surface area contributed by atoms with Crippen LogP contribution in [0.5, 0.6) is 0 Å². The van der Waals surface area contributed by atoms with Crippen molar-refractivity contribution in [2.75, 3.05) is 5.73 Å². The monoisotopic (exact) mass is 268 g/mol. The van der Waals surface area contributed by atoms with Crippen LogP contribution in [0.3, 0.4) is 0 Å². The van der Waals surface area contributed by atoms with Crippen LogP contribution in [0.15, 0.2) is 41.5 Å². The second-order valence-electron chi connectivity index (χ2n) is 4.54. The SMILES string of the molecule is Cc1cc2[nH]c(=O)n(C(=O)c3cccnc3)c2cc1N. The minimum Gasteiger partial charge on any atom is -0.398 e. The Kier molecular flexibility index (Phi) is 2.64. The van der Waals surface area contributed by atoms with E-state index in [0.29, 0.717) is 22.3 Å². The van der Waals surface area contributed by atoms with E-state index in [1.165, 1.54) is 6.20 Å². The normalized spacial score (nSPS) is 10.8. The first-order valence-electron chi connectivity index (χ1n) is 6.03. The molecular weight excluding hydrogens is 256 g/mol. The van der Waals surface area contributed by atoms with Crippen LogP contribution in [-0.4, -0.2) is 20.4 Å². The summed E-state index contributed by atoms with van der Waals surface area (Å²) in [6.45, 7) is 1.84. The summed E-state index contributed by atoms with van der Waals surface area (Å²) in [6, 6.07) is 6.62. The van der Waals surface area contributed by atoms with Crippen LogP contribution in [-0.2, 0) is 0 Å². The summed E-state index contributed by atoms with van der Waals surface area (Å²) in [7, 11) is 0. The summed E-state index contributed by atoms with van der Waals surface area (Å²) >= 11 is 0. The first-order chi connectivity index (χ1) is 9.58. The molecule has 0 unspecified atom stereocenters. The maximum Gasteiger partial charge on any atom is 0.333 e. The summed E-state index contributed by atoms with van der Waals surface area (Å²) < 4.78 is 1.07. The Morgan fingerprint density at radius 3 is 2.90 bits per heavy atom. The van der Waals surface area contributed by atoms with Gasteiger partial charge in [0.15, 0.2) is 0 Å². The molecule has 0 aliphatic rings. The number of hydrogen-bond acceptors (Lipinski definition) is 4. The maximum absolute atomic E-state index is 12.4. The first-order valence-corrected chi connectivity index (χ1v) is 6.03. The van der Waals surface area contributed by atoms with E-state index in [4.69, 9.17) is 5.73 Å². The average molecular weight is 268 g/mol. The van der Waals surface area contributed by atoms with Crippen molar-refractivity contribution in [2.24, 2.45) is 0 Å². The lowest BCUT2D eigenvalue weighted by molar-refractivity contribution is 0.0960. The highest BCUT2D eigenvalue weighted by atomic mass is 16.2. The third-order valence-corrected chi connectivity index (χ3v) is 3.18. The lowest BCUT2D eigenvalue weighted by Crippen LogP contribution is -2.24. The zero-order valence-electron chi connectivity index (χ0n) is 10.8. The highest BCUT2D eigenvalue weighted by Crippen LogP contribution is 2.19. The molecule has 0 saturated heterocycles. The number of hydrogen-bond donors (Lipinski definition) is 2. The summed E-state index contributed by atoms with van der Waals surface area (Å²) in [5.41, 5.74) is 8.13. The smallest absolute Gasteiger partial charge is 0.333 e. The number of benzene rings is 1. The van der Waals surface area contributed by atoms with Crippen LogP contribution in [0.4, 0.5) is 5.69 Å². The van der Waals surface area contributed by atoms with Crippen molar-refractivity contribution < 1.29 is 4.79 Å². The molecule has 20 heavy (non-hydrogen) atoms. The number of nitrogens with one attached hydrogen (secondary N) is 1. The van der Waals surface area contributed by atoms with Gasteiger partial charge in [-0.05, 0) is 36.8 Å². The number of rotatable bonds is 1. The van der Waals surface area contributed by atoms with Gasteiger partial charge in [0.25, 0.3) is 5.91 Å². The van der Waals surface area contributed by atoms with E-state index in [1.54, 1.807) is 30.5 Å². The van der Waals surface area contributed by atoms with Crippen LogP contribution in [0.2, 0.25) is 0 Å². The molecule has 0 aliphatic heterocycles. The molecule has 3 N–H and O–H groups in total. The van der Waals surface area contributed by atoms with E-state index in [0.717, 1.165) is 10.1 Å². The van der Waals surface area contributed by atoms with Gasteiger partial charge in [0.2, 0.25) is 0 Å². The van der Waals surface area contributed by atoms with Crippen molar-refractivity contribution in [3.63, 3.8) is 0 Å². The summed E-state index contributed by atoms with van der Waals surface area (Å²) in [5, 5.41) is 0. The number of carbonyl (C=O) groups excluding carboxylic acids is 1. The van der Waals surface area contributed by atoms with Crippen LogP contribution >= 0.6 is 0 Å². The van der Waals surface area contributed by atoms with Crippen LogP contribution in [0.25, 0.3) is 11.0 Å². The Labute approximate surface area is 113 Å². The molecule has 3 aromatic rings. The number of nitrogens with two attached hydrogens (primary N) is 1. The molecule has 0 radical (unpaired) electrons. The van der Waals surface area contributed by atoms with Gasteiger partial charge in [-0.3, -0.25) is 9.78 Å². The number of fused-ring (bicyclic) bond motifs is 1. The Hall–Kier alpha value is -2.89. The van der Waals surface area contributed by atoms with E-state index in [2.05, 4.69) is 9.97 Å². The quantitative estimate of drug-likeness (QED) is 0.650. The van der Waals surface area contributed by atoms with Crippen molar-refractivity contribution >= 4 is 22.6 Å². The van der Waals surface area contributed by atoms with Gasteiger partial charge in [-0.2, -0.15) is 0 Å². The van der Waals surface area contributed by atoms with Crippen LogP contribution in [0.1, 0.15) is 15.9 Å². The number of aryl methyl sites for hydroxylation is 1. The lowest BCUT2D eigenvalue weighted by Gasteiger charge is -2.04. The number of nitrogens with zero attached hydrogens (tertiary/aromatic N) is 2. The molecule has 6 nitrogen and oxygen atoms in total. The fourth-order valence-electron chi connectivity index (χ4n) is 2.10. The van der Waals surface area contributed by atoms with Gasteiger partial charge in [-0.25, -0.2) is 9.36 Å². The Balaban J connectivity index is 2.27. The lowest BCUT2D eigenvalue weighted by atomic mass is 10.2. The molecule has 0 saturated carbocycles. The topological polar surface area (TPSA) is 93.8 Å². The average Bonchev–Trinajstić information content (AvgIpc) is 2.75. The maximum atomic E-state index is 12.4. The standard InChI is InChI=1S/C14H12N4O2/c1-8-5-11-12(6-10(8)15)18(14(20)17-11)13(19)9-3-2-4-16-7-9/h2-7H,15H2,1H3,(H,17,20). The van der Waals surface area contributed by atoms with Gasteiger partial charge in [0.1, 0.15) is 0 Å². The van der Waals surface area contributed by atoms with Crippen molar-refractivity contribution in [2.45, 2.75) is 6.92 Å². The van der Waals surface area contributed by atoms with E-state index in [-0.39, 0.29) is 0 Å². The first kappa shape index (κ1) is 12.2. The van der Waals surface area contributed by atoms with Crippen molar-refractivity contribution in [3.05, 3.63) is 58.3 Å². The number of H-pyrrole nitrogens is 1. The second-order valence-corrected chi connectivity index (χ2v) is 4.54. The zero-order valence-corrected chi connectivity index (χ0v) is 10.8. The molecule has 0 atom stereocenters. The molecule has 0 spiro atoms. The van der Waals surface area contributed by atoms with Crippen LogP contribution < -0.4 is 11.4 Å². The third kappa shape index (κ3) is 1.78. The number of carbonyl (C=O) groups is 1. The Morgan fingerprint density at radius 2 is 2.20 bits per heavy atom. The summed E-state index contributed by atoms with van der Waals surface area (Å²) in [5.74, 6) is -0.433. The van der Waals surface area contributed by atoms with E-state index >= 15 is 0 Å². The molecular formula is C14H12N4O2. The predicted molar refractivity (Wildman–Crippen MR) is 75.7 cm³/mol. The molecule has 0 fully saturated rings. The third-order valence-electron chi connectivity index (χ3n) is 3.18. The number of nitrogen functional groups attached to an aromatic ring is 1.